The minimum absolute atomic E-state index is 0.0973. The van der Waals surface area contributed by atoms with Crippen molar-refractivity contribution in [3.05, 3.63) is 22.2 Å². The first kappa shape index (κ1) is 12.9. The number of aromatic amines is 1. The summed E-state index contributed by atoms with van der Waals surface area (Å²) in [5.41, 5.74) is -4.56. The second-order valence-electron chi connectivity index (χ2n) is 2.94. The molecule has 0 aliphatic rings. The SMILES string of the molecule is Cc1nc(NCCSC(F)(F)F)cc(=O)[nH]1. The van der Waals surface area contributed by atoms with Crippen molar-refractivity contribution in [3.8, 4) is 0 Å². The topological polar surface area (TPSA) is 57.8 Å². The average molecular weight is 253 g/mol. The summed E-state index contributed by atoms with van der Waals surface area (Å²) in [7, 11) is 0. The quantitative estimate of drug-likeness (QED) is 0.802. The van der Waals surface area contributed by atoms with Crippen LogP contribution in [0.15, 0.2) is 10.9 Å². The van der Waals surface area contributed by atoms with Crippen LogP contribution in [-0.4, -0.2) is 27.8 Å². The second kappa shape index (κ2) is 5.24. The summed E-state index contributed by atoms with van der Waals surface area (Å²) < 4.78 is 35.3. The summed E-state index contributed by atoms with van der Waals surface area (Å²) in [4.78, 5) is 17.3. The number of rotatable bonds is 4. The number of aryl methyl sites for hydroxylation is 1. The molecule has 2 N–H and O–H groups in total. The zero-order valence-electron chi connectivity index (χ0n) is 8.39. The molecule has 0 unspecified atom stereocenters. The van der Waals surface area contributed by atoms with Gasteiger partial charge in [-0.2, -0.15) is 13.2 Å². The van der Waals surface area contributed by atoms with Gasteiger partial charge in [-0.1, -0.05) is 0 Å². The maximum atomic E-state index is 11.8. The van der Waals surface area contributed by atoms with Crippen LogP contribution in [0.3, 0.4) is 0 Å². The van der Waals surface area contributed by atoms with E-state index in [1.807, 2.05) is 0 Å². The summed E-state index contributed by atoms with van der Waals surface area (Å²) in [6.07, 6.45) is 0. The number of anilines is 1. The van der Waals surface area contributed by atoms with Crippen molar-refractivity contribution in [2.45, 2.75) is 12.4 Å². The highest BCUT2D eigenvalue weighted by Crippen LogP contribution is 2.29. The normalized spacial score (nSPS) is 11.5. The van der Waals surface area contributed by atoms with Gasteiger partial charge in [0.2, 0.25) is 0 Å². The lowest BCUT2D eigenvalue weighted by molar-refractivity contribution is -0.0327. The van der Waals surface area contributed by atoms with E-state index < -0.39 is 5.51 Å². The third kappa shape index (κ3) is 5.06. The fourth-order valence-corrected chi connectivity index (χ4v) is 1.45. The Labute approximate surface area is 93.7 Å². The number of alkyl halides is 3. The van der Waals surface area contributed by atoms with Gasteiger partial charge in [-0.3, -0.25) is 4.79 Å². The van der Waals surface area contributed by atoms with Crippen molar-refractivity contribution in [1.82, 2.24) is 9.97 Å². The number of hydrogen-bond acceptors (Lipinski definition) is 4. The lowest BCUT2D eigenvalue weighted by Crippen LogP contribution is -2.14. The predicted octanol–water partition coefficient (Wildman–Crippen LogP) is 1.74. The van der Waals surface area contributed by atoms with Crippen LogP contribution >= 0.6 is 11.8 Å². The first-order valence-corrected chi connectivity index (χ1v) is 5.38. The molecule has 1 rings (SSSR count). The Hall–Kier alpha value is -1.18. The molecular formula is C8H10F3N3OS. The van der Waals surface area contributed by atoms with Crippen LogP contribution in [0, 0.1) is 6.92 Å². The lowest BCUT2D eigenvalue weighted by Gasteiger charge is -2.07. The Morgan fingerprint density at radius 1 is 1.56 bits per heavy atom. The highest BCUT2D eigenvalue weighted by molar-refractivity contribution is 8.00. The molecule has 0 spiro atoms. The van der Waals surface area contributed by atoms with Crippen molar-refractivity contribution < 1.29 is 13.2 Å². The molecule has 0 aromatic carbocycles. The fourth-order valence-electron chi connectivity index (χ4n) is 1.02. The van der Waals surface area contributed by atoms with Gasteiger partial charge < -0.3 is 10.3 Å². The van der Waals surface area contributed by atoms with Gasteiger partial charge in [0.05, 0.1) is 0 Å². The molecule has 8 heteroatoms. The van der Waals surface area contributed by atoms with Crippen LogP contribution in [0.25, 0.3) is 0 Å². The fraction of sp³-hybridized carbons (Fsp3) is 0.500. The summed E-state index contributed by atoms with van der Waals surface area (Å²) >= 11 is -0.115. The van der Waals surface area contributed by atoms with E-state index in [1.54, 1.807) is 6.92 Å². The molecule has 1 heterocycles. The van der Waals surface area contributed by atoms with Gasteiger partial charge in [0, 0.05) is 18.4 Å². The van der Waals surface area contributed by atoms with E-state index in [-0.39, 0.29) is 35.4 Å². The van der Waals surface area contributed by atoms with Crippen molar-refractivity contribution in [1.29, 1.82) is 0 Å². The van der Waals surface area contributed by atoms with E-state index in [9.17, 15) is 18.0 Å². The van der Waals surface area contributed by atoms with Crippen LogP contribution in [0.2, 0.25) is 0 Å². The van der Waals surface area contributed by atoms with Gasteiger partial charge in [0.15, 0.2) is 0 Å². The molecule has 0 radical (unpaired) electrons. The highest BCUT2D eigenvalue weighted by atomic mass is 32.2. The van der Waals surface area contributed by atoms with Gasteiger partial charge in [-0.25, -0.2) is 4.98 Å². The van der Waals surface area contributed by atoms with E-state index in [0.29, 0.717) is 5.82 Å². The molecule has 0 saturated heterocycles. The number of H-pyrrole nitrogens is 1. The molecule has 0 bridgehead atoms. The Kier molecular flexibility index (Phi) is 4.22. The monoisotopic (exact) mass is 253 g/mol. The van der Waals surface area contributed by atoms with Gasteiger partial charge in [-0.05, 0) is 18.7 Å². The number of halogens is 3. The first-order chi connectivity index (χ1) is 7.37. The van der Waals surface area contributed by atoms with Crippen LogP contribution in [-0.2, 0) is 0 Å². The molecule has 4 nitrogen and oxygen atoms in total. The summed E-state index contributed by atoms with van der Waals surface area (Å²) in [6.45, 7) is 1.69. The van der Waals surface area contributed by atoms with Crippen molar-refractivity contribution in [3.63, 3.8) is 0 Å². The molecule has 1 aromatic rings. The van der Waals surface area contributed by atoms with E-state index in [4.69, 9.17) is 0 Å². The number of aromatic nitrogens is 2. The van der Waals surface area contributed by atoms with Crippen LogP contribution in [0.1, 0.15) is 5.82 Å². The maximum Gasteiger partial charge on any atom is 0.441 e. The molecule has 0 fully saturated rings. The Bertz CT molecular complexity index is 404. The second-order valence-corrected chi connectivity index (χ2v) is 4.10. The van der Waals surface area contributed by atoms with Crippen molar-refractivity contribution in [2.75, 3.05) is 17.6 Å². The molecule has 16 heavy (non-hydrogen) atoms. The van der Waals surface area contributed by atoms with E-state index in [0.717, 1.165) is 0 Å². The lowest BCUT2D eigenvalue weighted by atomic mass is 10.5. The molecule has 0 amide bonds. The third-order valence-corrected chi connectivity index (χ3v) is 2.27. The number of nitrogens with zero attached hydrogens (tertiary/aromatic N) is 1. The zero-order chi connectivity index (χ0) is 12.2. The predicted molar refractivity (Wildman–Crippen MR) is 56.6 cm³/mol. The highest BCUT2D eigenvalue weighted by Gasteiger charge is 2.27. The number of hydrogen-bond donors (Lipinski definition) is 2. The smallest absolute Gasteiger partial charge is 0.369 e. The van der Waals surface area contributed by atoms with Gasteiger partial charge in [0.1, 0.15) is 11.6 Å². The minimum atomic E-state index is -4.22. The molecular weight excluding hydrogens is 243 g/mol. The molecule has 1 aromatic heterocycles. The standard InChI is InChI=1S/C8H10F3N3OS/c1-5-13-6(4-7(15)14-5)12-2-3-16-8(9,10)11/h4H,2-3H2,1H3,(H2,12,13,14,15). The van der Waals surface area contributed by atoms with Crippen molar-refractivity contribution >= 4 is 17.6 Å². The van der Waals surface area contributed by atoms with Crippen LogP contribution < -0.4 is 10.9 Å². The van der Waals surface area contributed by atoms with Gasteiger partial charge in [-0.15, -0.1) is 0 Å². The molecule has 0 saturated carbocycles. The van der Waals surface area contributed by atoms with E-state index in [2.05, 4.69) is 15.3 Å². The summed E-state index contributed by atoms with van der Waals surface area (Å²) in [5.74, 6) is 0.569. The van der Waals surface area contributed by atoms with E-state index in [1.165, 1.54) is 6.07 Å². The summed E-state index contributed by atoms with van der Waals surface area (Å²) in [5, 5.41) is 2.65. The Morgan fingerprint density at radius 2 is 2.25 bits per heavy atom. The minimum Gasteiger partial charge on any atom is -0.369 e. The van der Waals surface area contributed by atoms with Crippen LogP contribution in [0.5, 0.6) is 0 Å². The number of nitrogens with one attached hydrogen (secondary N) is 2. The number of thioether (sulfide) groups is 1. The third-order valence-electron chi connectivity index (χ3n) is 1.53. The molecule has 0 atom stereocenters. The van der Waals surface area contributed by atoms with Gasteiger partial charge in [0.25, 0.3) is 5.56 Å². The van der Waals surface area contributed by atoms with Gasteiger partial charge >= 0.3 is 5.51 Å². The average Bonchev–Trinajstić information content (AvgIpc) is 2.09. The molecule has 0 aliphatic carbocycles. The largest absolute Gasteiger partial charge is 0.441 e. The molecule has 90 valence electrons. The molecule has 0 aliphatic heterocycles. The van der Waals surface area contributed by atoms with E-state index >= 15 is 0 Å². The Balaban J connectivity index is 2.40. The zero-order valence-corrected chi connectivity index (χ0v) is 9.21. The van der Waals surface area contributed by atoms with Crippen molar-refractivity contribution in [2.24, 2.45) is 0 Å². The van der Waals surface area contributed by atoms with Crippen LogP contribution in [0.4, 0.5) is 19.0 Å². The first-order valence-electron chi connectivity index (χ1n) is 4.39. The maximum absolute atomic E-state index is 11.8. The summed E-state index contributed by atoms with van der Waals surface area (Å²) in [6, 6.07) is 1.20. The Morgan fingerprint density at radius 3 is 2.81 bits per heavy atom.